The lowest BCUT2D eigenvalue weighted by Crippen LogP contribution is -2.62. The Morgan fingerprint density at radius 1 is 1.14 bits per heavy atom. The van der Waals surface area contributed by atoms with Gasteiger partial charge in [0.1, 0.15) is 5.56 Å². The van der Waals surface area contributed by atoms with Crippen molar-refractivity contribution in [3.63, 3.8) is 0 Å². The lowest BCUT2D eigenvalue weighted by Gasteiger charge is -2.46. The van der Waals surface area contributed by atoms with Gasteiger partial charge in [-0.05, 0) is 51.4 Å². The Bertz CT molecular complexity index is 638. The molecule has 0 N–H and O–H groups in total. The average molecular weight is 303 g/mol. The minimum absolute atomic E-state index is 0.114. The van der Waals surface area contributed by atoms with Gasteiger partial charge in [-0.25, -0.2) is 0 Å². The number of amides is 1. The van der Waals surface area contributed by atoms with Crippen LogP contribution in [0.1, 0.15) is 40.9 Å². The first-order chi connectivity index (χ1) is 10.5. The summed E-state index contributed by atoms with van der Waals surface area (Å²) in [6.45, 7) is 7.67. The summed E-state index contributed by atoms with van der Waals surface area (Å²) >= 11 is 0. The second-order valence-corrected chi connectivity index (χ2v) is 6.65. The number of likely N-dealkylation sites (tertiary alicyclic amines) is 2. The van der Waals surface area contributed by atoms with E-state index >= 15 is 0 Å². The number of hydrogen-bond donors (Lipinski definition) is 0. The van der Waals surface area contributed by atoms with E-state index in [0.717, 1.165) is 37.4 Å². The molecule has 120 valence electrons. The summed E-state index contributed by atoms with van der Waals surface area (Å²) in [6.07, 6.45) is 3.86. The normalized spacial score (nSPS) is 20.0. The number of carbonyl (C=O) groups excluding carboxylic acids is 1. The number of piperidine rings is 1. The zero-order valence-electron chi connectivity index (χ0n) is 13.8. The molecule has 1 amide bonds. The third-order valence-electron chi connectivity index (χ3n) is 5.26. The molecule has 0 aromatic carbocycles. The fourth-order valence-corrected chi connectivity index (χ4v) is 3.44. The molecule has 5 nitrogen and oxygen atoms in total. The summed E-state index contributed by atoms with van der Waals surface area (Å²) < 4.78 is 1.57. The number of nitrogens with zero attached hydrogens (tertiary/aromatic N) is 3. The van der Waals surface area contributed by atoms with Gasteiger partial charge in [-0.15, -0.1) is 0 Å². The molecule has 0 spiro atoms. The number of hydrogen-bond acceptors (Lipinski definition) is 3. The molecular weight excluding hydrogens is 278 g/mol. The van der Waals surface area contributed by atoms with E-state index in [4.69, 9.17) is 0 Å². The van der Waals surface area contributed by atoms with Gasteiger partial charge in [0, 0.05) is 31.9 Å². The van der Waals surface area contributed by atoms with E-state index in [9.17, 15) is 9.59 Å². The molecule has 2 saturated heterocycles. The lowest BCUT2D eigenvalue weighted by atomic mass is 10.0. The zero-order chi connectivity index (χ0) is 15.9. The highest BCUT2D eigenvalue weighted by atomic mass is 16.2. The van der Waals surface area contributed by atoms with Crippen molar-refractivity contribution < 1.29 is 4.79 Å². The smallest absolute Gasteiger partial charge is 0.263 e. The van der Waals surface area contributed by atoms with Gasteiger partial charge in [0.05, 0.1) is 0 Å². The molecule has 0 radical (unpaired) electrons. The highest BCUT2D eigenvalue weighted by Gasteiger charge is 2.36. The fraction of sp³-hybridized carbons (Fsp3) is 0.647. The standard InChI is InChI=1S/C17H25N3O2/c1-12-9-15(16(21)18(3)13(12)2)17(22)20-10-14(11-20)19-7-5-4-6-8-19/h9,14H,4-8,10-11H2,1-3H3. The van der Waals surface area contributed by atoms with E-state index in [-0.39, 0.29) is 11.5 Å². The minimum atomic E-state index is -0.186. The maximum atomic E-state index is 12.6. The minimum Gasteiger partial charge on any atom is -0.335 e. The monoisotopic (exact) mass is 303 g/mol. The van der Waals surface area contributed by atoms with Crippen LogP contribution in [-0.4, -0.2) is 52.5 Å². The number of rotatable bonds is 2. The van der Waals surface area contributed by atoms with Gasteiger partial charge in [0.25, 0.3) is 11.5 Å². The third-order valence-corrected chi connectivity index (χ3v) is 5.26. The van der Waals surface area contributed by atoms with Crippen LogP contribution in [0.3, 0.4) is 0 Å². The first-order valence-electron chi connectivity index (χ1n) is 8.19. The van der Waals surface area contributed by atoms with Crippen LogP contribution in [0.15, 0.2) is 10.9 Å². The van der Waals surface area contributed by atoms with Gasteiger partial charge in [-0.2, -0.15) is 0 Å². The number of aryl methyl sites for hydroxylation is 1. The van der Waals surface area contributed by atoms with Crippen LogP contribution in [-0.2, 0) is 7.05 Å². The predicted molar refractivity (Wildman–Crippen MR) is 86.3 cm³/mol. The summed E-state index contributed by atoms with van der Waals surface area (Å²) in [7, 11) is 1.73. The van der Waals surface area contributed by atoms with E-state index in [1.54, 1.807) is 17.7 Å². The van der Waals surface area contributed by atoms with Crippen LogP contribution in [0.25, 0.3) is 0 Å². The molecule has 3 heterocycles. The fourth-order valence-electron chi connectivity index (χ4n) is 3.44. The molecule has 2 aliphatic heterocycles. The van der Waals surface area contributed by atoms with E-state index in [0.29, 0.717) is 11.6 Å². The van der Waals surface area contributed by atoms with E-state index < -0.39 is 0 Å². The molecule has 2 aliphatic rings. The molecule has 0 atom stereocenters. The van der Waals surface area contributed by atoms with Crippen molar-refractivity contribution in [3.8, 4) is 0 Å². The molecule has 0 aliphatic carbocycles. The number of pyridine rings is 1. The zero-order valence-corrected chi connectivity index (χ0v) is 13.8. The first-order valence-corrected chi connectivity index (χ1v) is 8.19. The van der Waals surface area contributed by atoms with Crippen molar-refractivity contribution in [2.75, 3.05) is 26.2 Å². The molecule has 1 aromatic rings. The number of carbonyl (C=O) groups is 1. The molecule has 3 rings (SSSR count). The third kappa shape index (κ3) is 2.58. The van der Waals surface area contributed by atoms with Crippen LogP contribution in [0, 0.1) is 13.8 Å². The summed E-state index contributed by atoms with van der Waals surface area (Å²) in [5.74, 6) is -0.114. The Kier molecular flexibility index (Phi) is 4.08. The maximum absolute atomic E-state index is 12.6. The van der Waals surface area contributed by atoms with E-state index in [1.165, 1.54) is 19.3 Å². The average Bonchev–Trinajstić information content (AvgIpc) is 2.48. The van der Waals surface area contributed by atoms with Gasteiger partial charge in [-0.1, -0.05) is 6.42 Å². The number of aromatic nitrogens is 1. The van der Waals surface area contributed by atoms with E-state index in [1.807, 2.05) is 18.7 Å². The molecule has 2 fully saturated rings. The van der Waals surface area contributed by atoms with Crippen LogP contribution < -0.4 is 5.56 Å². The highest BCUT2D eigenvalue weighted by molar-refractivity contribution is 5.94. The quantitative estimate of drug-likeness (QED) is 0.827. The molecule has 1 aromatic heterocycles. The Labute approximate surface area is 131 Å². The van der Waals surface area contributed by atoms with Crippen LogP contribution >= 0.6 is 0 Å². The van der Waals surface area contributed by atoms with Gasteiger partial charge in [-0.3, -0.25) is 14.5 Å². The summed E-state index contributed by atoms with van der Waals surface area (Å²) in [6, 6.07) is 2.23. The molecular formula is C17H25N3O2. The van der Waals surface area contributed by atoms with Crippen LogP contribution in [0.5, 0.6) is 0 Å². The second kappa shape index (κ2) is 5.88. The van der Waals surface area contributed by atoms with Crippen molar-refractivity contribution in [3.05, 3.63) is 33.2 Å². The van der Waals surface area contributed by atoms with Gasteiger partial charge in [0.2, 0.25) is 0 Å². The molecule has 0 unspecified atom stereocenters. The highest BCUT2D eigenvalue weighted by Crippen LogP contribution is 2.21. The van der Waals surface area contributed by atoms with Crippen molar-refractivity contribution in [2.45, 2.75) is 39.2 Å². The van der Waals surface area contributed by atoms with Crippen molar-refractivity contribution in [1.29, 1.82) is 0 Å². The van der Waals surface area contributed by atoms with Gasteiger partial charge >= 0.3 is 0 Å². The van der Waals surface area contributed by atoms with Crippen molar-refractivity contribution >= 4 is 5.91 Å². The molecule has 0 saturated carbocycles. The lowest BCUT2D eigenvalue weighted by molar-refractivity contribution is 0.0202. The molecule has 0 bridgehead atoms. The molecule has 22 heavy (non-hydrogen) atoms. The largest absolute Gasteiger partial charge is 0.335 e. The molecule has 5 heteroatoms. The Balaban J connectivity index is 1.70. The second-order valence-electron chi connectivity index (χ2n) is 6.65. The SMILES string of the molecule is Cc1cc(C(=O)N2CC(N3CCCCC3)C2)c(=O)n(C)c1C. The summed E-state index contributed by atoms with van der Waals surface area (Å²) in [5.41, 5.74) is 2.02. The van der Waals surface area contributed by atoms with Gasteiger partial charge in [0.15, 0.2) is 0 Å². The van der Waals surface area contributed by atoms with E-state index in [2.05, 4.69) is 4.90 Å². The maximum Gasteiger partial charge on any atom is 0.263 e. The summed E-state index contributed by atoms with van der Waals surface area (Å²) in [5, 5.41) is 0. The summed E-state index contributed by atoms with van der Waals surface area (Å²) in [4.78, 5) is 29.2. The van der Waals surface area contributed by atoms with Crippen LogP contribution in [0.2, 0.25) is 0 Å². The van der Waals surface area contributed by atoms with Crippen LogP contribution in [0.4, 0.5) is 0 Å². The van der Waals surface area contributed by atoms with Crippen molar-refractivity contribution in [2.24, 2.45) is 7.05 Å². The topological polar surface area (TPSA) is 45.6 Å². The predicted octanol–water partition coefficient (Wildman–Crippen LogP) is 1.31. The Morgan fingerprint density at radius 2 is 1.77 bits per heavy atom. The Morgan fingerprint density at radius 3 is 2.41 bits per heavy atom. The Hall–Kier alpha value is -1.62. The van der Waals surface area contributed by atoms with Gasteiger partial charge < -0.3 is 9.47 Å². The first kappa shape index (κ1) is 15.3. The van der Waals surface area contributed by atoms with Crippen molar-refractivity contribution in [1.82, 2.24) is 14.4 Å².